The minimum atomic E-state index is 0.288. The Morgan fingerprint density at radius 1 is 1.11 bits per heavy atom. The van der Waals surface area contributed by atoms with Crippen LogP contribution in [0.1, 0.15) is 6.92 Å². The topological polar surface area (TPSA) is 50.9 Å². The summed E-state index contributed by atoms with van der Waals surface area (Å²) in [5.74, 6) is 0.288. The first-order chi connectivity index (χ1) is 8.78. The van der Waals surface area contributed by atoms with Gasteiger partial charge in [-0.1, -0.05) is 23.4 Å². The first-order valence-corrected chi connectivity index (χ1v) is 5.89. The molecule has 0 amide bonds. The van der Waals surface area contributed by atoms with Crippen molar-refractivity contribution >= 4 is 10.8 Å². The van der Waals surface area contributed by atoms with Gasteiger partial charge in [0.05, 0.1) is 11.9 Å². The van der Waals surface area contributed by atoms with Gasteiger partial charge in [-0.05, 0) is 35.9 Å². The fraction of sp³-hybridized carbons (Fsp3) is 0.143. The quantitative estimate of drug-likeness (QED) is 0.748. The molecule has 0 spiro atoms. The number of fused-ring (bicyclic) bond motifs is 1. The van der Waals surface area contributed by atoms with Crippen LogP contribution in [-0.2, 0) is 6.54 Å². The van der Waals surface area contributed by atoms with E-state index in [0.29, 0.717) is 0 Å². The Bertz CT molecular complexity index is 703. The highest BCUT2D eigenvalue weighted by Gasteiger charge is 2.06. The molecule has 0 aliphatic carbocycles. The van der Waals surface area contributed by atoms with Gasteiger partial charge in [-0.25, -0.2) is 4.68 Å². The van der Waals surface area contributed by atoms with Crippen LogP contribution in [0.15, 0.2) is 42.6 Å². The van der Waals surface area contributed by atoms with Gasteiger partial charge < -0.3 is 5.11 Å². The highest BCUT2D eigenvalue weighted by molar-refractivity contribution is 5.87. The van der Waals surface area contributed by atoms with E-state index in [1.807, 2.05) is 29.8 Å². The Balaban J connectivity index is 2.16. The summed E-state index contributed by atoms with van der Waals surface area (Å²) in [5.41, 5.74) is 2.09. The van der Waals surface area contributed by atoms with Crippen LogP contribution in [0, 0.1) is 0 Å². The van der Waals surface area contributed by atoms with Crippen molar-refractivity contribution in [2.45, 2.75) is 13.5 Å². The molecule has 1 N–H and O–H groups in total. The molecule has 90 valence electrons. The van der Waals surface area contributed by atoms with Crippen molar-refractivity contribution in [2.24, 2.45) is 0 Å². The Morgan fingerprint density at radius 3 is 2.72 bits per heavy atom. The largest absolute Gasteiger partial charge is 0.508 e. The van der Waals surface area contributed by atoms with Crippen molar-refractivity contribution < 1.29 is 5.11 Å². The molecule has 0 atom stereocenters. The number of aromatic hydroxyl groups is 1. The molecule has 0 unspecified atom stereocenters. The van der Waals surface area contributed by atoms with Crippen LogP contribution in [-0.4, -0.2) is 20.1 Å². The predicted molar refractivity (Wildman–Crippen MR) is 70.3 cm³/mol. The van der Waals surface area contributed by atoms with Gasteiger partial charge >= 0.3 is 0 Å². The molecule has 3 aromatic rings. The number of aromatic nitrogens is 3. The van der Waals surface area contributed by atoms with Crippen LogP contribution in [0.2, 0.25) is 0 Å². The van der Waals surface area contributed by atoms with Gasteiger partial charge in [0, 0.05) is 12.1 Å². The summed E-state index contributed by atoms with van der Waals surface area (Å²) < 4.78 is 1.86. The van der Waals surface area contributed by atoms with Crippen LogP contribution in [0.25, 0.3) is 22.0 Å². The van der Waals surface area contributed by atoms with Crippen molar-refractivity contribution in [1.29, 1.82) is 0 Å². The van der Waals surface area contributed by atoms with Crippen LogP contribution < -0.4 is 0 Å². The average Bonchev–Trinajstić information content (AvgIpc) is 2.86. The number of hydrogen-bond acceptors (Lipinski definition) is 3. The Labute approximate surface area is 104 Å². The number of benzene rings is 2. The van der Waals surface area contributed by atoms with Crippen LogP contribution in [0.4, 0.5) is 0 Å². The summed E-state index contributed by atoms with van der Waals surface area (Å²) in [4.78, 5) is 0. The normalized spacial score (nSPS) is 10.9. The van der Waals surface area contributed by atoms with Gasteiger partial charge in [0.15, 0.2) is 0 Å². The lowest BCUT2D eigenvalue weighted by Gasteiger charge is -2.05. The predicted octanol–water partition coefficient (Wildman–Crippen LogP) is 2.82. The van der Waals surface area contributed by atoms with E-state index in [2.05, 4.69) is 16.4 Å². The zero-order chi connectivity index (χ0) is 12.5. The van der Waals surface area contributed by atoms with Gasteiger partial charge in [-0.15, -0.1) is 5.10 Å². The summed E-state index contributed by atoms with van der Waals surface area (Å²) in [6.45, 7) is 2.83. The monoisotopic (exact) mass is 239 g/mol. The Kier molecular flexibility index (Phi) is 2.48. The molecule has 4 heteroatoms. The Morgan fingerprint density at radius 2 is 1.89 bits per heavy atom. The van der Waals surface area contributed by atoms with E-state index in [0.717, 1.165) is 28.6 Å². The van der Waals surface area contributed by atoms with E-state index in [9.17, 15) is 5.11 Å². The minimum Gasteiger partial charge on any atom is -0.508 e. The number of phenolic OH excluding ortho intramolecular Hbond substituents is 1. The number of nitrogens with zero attached hydrogens (tertiary/aromatic N) is 3. The van der Waals surface area contributed by atoms with E-state index >= 15 is 0 Å². The fourth-order valence-corrected chi connectivity index (χ4v) is 2.11. The summed E-state index contributed by atoms with van der Waals surface area (Å²) in [5, 5.41) is 19.5. The maximum absolute atomic E-state index is 9.44. The molecule has 4 nitrogen and oxygen atoms in total. The Hall–Kier alpha value is -2.36. The van der Waals surface area contributed by atoms with Gasteiger partial charge in [0.1, 0.15) is 5.75 Å². The molecule has 0 aliphatic heterocycles. The van der Waals surface area contributed by atoms with E-state index in [-0.39, 0.29) is 5.75 Å². The van der Waals surface area contributed by atoms with Crippen molar-refractivity contribution in [3.63, 3.8) is 0 Å². The van der Waals surface area contributed by atoms with Crippen LogP contribution in [0.3, 0.4) is 0 Å². The zero-order valence-electron chi connectivity index (χ0n) is 10.0. The van der Waals surface area contributed by atoms with E-state index in [4.69, 9.17) is 0 Å². The summed E-state index contributed by atoms with van der Waals surface area (Å²) >= 11 is 0. The highest BCUT2D eigenvalue weighted by Crippen LogP contribution is 2.26. The molecule has 0 radical (unpaired) electrons. The smallest absolute Gasteiger partial charge is 0.116 e. The second-order valence-electron chi connectivity index (χ2n) is 4.18. The van der Waals surface area contributed by atoms with E-state index in [1.54, 1.807) is 18.3 Å². The molecule has 18 heavy (non-hydrogen) atoms. The van der Waals surface area contributed by atoms with E-state index in [1.165, 1.54) is 0 Å². The highest BCUT2D eigenvalue weighted by atomic mass is 16.3. The third-order valence-electron chi connectivity index (χ3n) is 3.04. The third-order valence-corrected chi connectivity index (χ3v) is 3.04. The molecule has 0 bridgehead atoms. The number of rotatable bonds is 2. The average molecular weight is 239 g/mol. The molecule has 1 aromatic heterocycles. The maximum atomic E-state index is 9.44. The number of hydrogen-bond donors (Lipinski definition) is 1. The number of phenols is 1. The molecule has 0 aliphatic rings. The standard InChI is InChI=1S/C14H13N3O/c1-2-17-14(9-15-16-17)12-4-3-11-8-13(18)6-5-10(11)7-12/h3-9,18H,2H2,1H3. The zero-order valence-corrected chi connectivity index (χ0v) is 10.0. The lowest BCUT2D eigenvalue weighted by atomic mass is 10.1. The van der Waals surface area contributed by atoms with Gasteiger partial charge in [0.25, 0.3) is 0 Å². The molecule has 2 aromatic carbocycles. The van der Waals surface area contributed by atoms with Crippen molar-refractivity contribution in [2.75, 3.05) is 0 Å². The number of aryl methyl sites for hydroxylation is 1. The first kappa shape index (κ1) is 10.8. The second-order valence-corrected chi connectivity index (χ2v) is 4.18. The fourth-order valence-electron chi connectivity index (χ4n) is 2.11. The molecule has 3 rings (SSSR count). The van der Waals surface area contributed by atoms with Gasteiger partial charge in [-0.2, -0.15) is 0 Å². The van der Waals surface area contributed by atoms with Crippen LogP contribution >= 0.6 is 0 Å². The van der Waals surface area contributed by atoms with Gasteiger partial charge in [0.2, 0.25) is 0 Å². The maximum Gasteiger partial charge on any atom is 0.116 e. The van der Waals surface area contributed by atoms with Gasteiger partial charge in [-0.3, -0.25) is 0 Å². The summed E-state index contributed by atoms with van der Waals surface area (Å²) in [7, 11) is 0. The van der Waals surface area contributed by atoms with Crippen LogP contribution in [0.5, 0.6) is 5.75 Å². The molecule has 0 saturated heterocycles. The molecule has 0 saturated carbocycles. The molecule has 1 heterocycles. The van der Waals surface area contributed by atoms with Crippen molar-refractivity contribution in [1.82, 2.24) is 15.0 Å². The van der Waals surface area contributed by atoms with Crippen molar-refractivity contribution in [3.8, 4) is 17.0 Å². The third kappa shape index (κ3) is 1.72. The molecular weight excluding hydrogens is 226 g/mol. The molecular formula is C14H13N3O. The van der Waals surface area contributed by atoms with Crippen molar-refractivity contribution in [3.05, 3.63) is 42.6 Å². The summed E-state index contributed by atoms with van der Waals surface area (Å²) in [6.07, 6.45) is 1.77. The minimum absolute atomic E-state index is 0.288. The van der Waals surface area contributed by atoms with E-state index < -0.39 is 0 Å². The first-order valence-electron chi connectivity index (χ1n) is 5.89. The SMILES string of the molecule is CCn1nncc1-c1ccc2cc(O)ccc2c1. The molecule has 0 fully saturated rings. The summed E-state index contributed by atoms with van der Waals surface area (Å²) in [6, 6.07) is 11.5. The second kappa shape index (κ2) is 4.14. The lowest BCUT2D eigenvalue weighted by molar-refractivity contribution is 0.476. The lowest BCUT2D eigenvalue weighted by Crippen LogP contribution is -1.98.